The minimum atomic E-state index is -0.330. The molecule has 3 saturated heterocycles. The van der Waals surface area contributed by atoms with Crippen molar-refractivity contribution in [2.24, 2.45) is 5.41 Å². The predicted octanol–water partition coefficient (Wildman–Crippen LogP) is 2.63. The molecular weight excluding hydrogens is 406 g/mol. The summed E-state index contributed by atoms with van der Waals surface area (Å²) in [6.45, 7) is 3.99. The Labute approximate surface area is 190 Å². The lowest BCUT2D eigenvalue weighted by Gasteiger charge is -2.37. The van der Waals surface area contributed by atoms with Gasteiger partial charge in [-0.05, 0) is 56.0 Å². The third kappa shape index (κ3) is 4.50. The molecule has 1 aromatic carbocycles. The van der Waals surface area contributed by atoms with Crippen LogP contribution in [0.5, 0.6) is 0 Å². The van der Waals surface area contributed by atoms with Crippen LogP contribution in [-0.2, 0) is 16.1 Å². The van der Waals surface area contributed by atoms with Crippen LogP contribution in [0, 0.1) is 5.41 Å². The maximum atomic E-state index is 12.9. The third-order valence-electron chi connectivity index (χ3n) is 8.13. The highest BCUT2D eigenvalue weighted by atomic mass is 16.6. The Bertz CT molecular complexity index is 828. The minimum absolute atomic E-state index is 0.0842. The second-order valence-electron chi connectivity index (χ2n) is 10.1. The van der Waals surface area contributed by atoms with Crippen LogP contribution in [0.2, 0.25) is 0 Å². The van der Waals surface area contributed by atoms with Crippen molar-refractivity contribution in [2.75, 3.05) is 32.7 Å². The predicted molar refractivity (Wildman–Crippen MR) is 120 cm³/mol. The average Bonchev–Trinajstić information content (AvgIpc) is 3.52. The Morgan fingerprint density at radius 3 is 2.66 bits per heavy atom. The molecule has 3 aliphatic heterocycles. The van der Waals surface area contributed by atoms with Gasteiger partial charge in [-0.1, -0.05) is 30.3 Å². The fraction of sp³-hybridized carbons (Fsp3) is 0.680. The second kappa shape index (κ2) is 9.02. The fourth-order valence-corrected chi connectivity index (χ4v) is 5.87. The summed E-state index contributed by atoms with van der Waals surface area (Å²) in [6, 6.07) is 10.00. The van der Waals surface area contributed by atoms with Gasteiger partial charge in [-0.25, -0.2) is 4.79 Å². The monoisotopic (exact) mass is 441 g/mol. The molecule has 5 rings (SSSR count). The lowest BCUT2D eigenvalue weighted by molar-refractivity contribution is -0.133. The van der Waals surface area contributed by atoms with Crippen LogP contribution in [0.3, 0.4) is 0 Å². The molecule has 0 bridgehead atoms. The molecule has 0 aromatic heterocycles. The van der Waals surface area contributed by atoms with Crippen LogP contribution >= 0.6 is 0 Å². The molecule has 2 amide bonds. The molecule has 3 heterocycles. The quantitative estimate of drug-likeness (QED) is 0.761. The smallest absolute Gasteiger partial charge is 0.410 e. The first-order valence-corrected chi connectivity index (χ1v) is 12.2. The first-order chi connectivity index (χ1) is 15.5. The highest BCUT2D eigenvalue weighted by Gasteiger charge is 2.51. The third-order valence-corrected chi connectivity index (χ3v) is 8.13. The number of benzene rings is 1. The van der Waals surface area contributed by atoms with E-state index in [4.69, 9.17) is 4.74 Å². The van der Waals surface area contributed by atoms with Crippen molar-refractivity contribution < 1.29 is 19.4 Å². The van der Waals surface area contributed by atoms with Crippen molar-refractivity contribution in [3.05, 3.63) is 35.9 Å². The maximum absolute atomic E-state index is 12.9. The van der Waals surface area contributed by atoms with E-state index in [2.05, 4.69) is 9.80 Å². The van der Waals surface area contributed by atoms with Crippen LogP contribution in [-0.4, -0.2) is 82.7 Å². The van der Waals surface area contributed by atoms with E-state index in [0.717, 1.165) is 50.9 Å². The molecule has 1 spiro atoms. The minimum Gasteiger partial charge on any atom is -0.445 e. The standard InChI is InChI=1S/C25H35N3O4/c29-22-17-26(15-12-25(22)10-11-25)13-8-20-6-7-21-16-27(14-9-23(30)28(20)21)24(31)32-18-19-4-2-1-3-5-19/h1-5,20-22,29H,6-18H2/t20-,21+,22-/m1/s1. The van der Waals surface area contributed by atoms with Crippen LogP contribution in [0.15, 0.2) is 30.3 Å². The highest BCUT2D eigenvalue weighted by molar-refractivity contribution is 5.79. The van der Waals surface area contributed by atoms with Gasteiger partial charge in [0, 0.05) is 44.7 Å². The Hall–Kier alpha value is -2.12. The van der Waals surface area contributed by atoms with Gasteiger partial charge < -0.3 is 24.5 Å². The number of ether oxygens (including phenoxy) is 1. The van der Waals surface area contributed by atoms with Gasteiger partial charge in [-0.15, -0.1) is 0 Å². The number of likely N-dealkylation sites (tertiary alicyclic amines) is 1. The van der Waals surface area contributed by atoms with Gasteiger partial charge in [0.05, 0.1) is 6.10 Å². The van der Waals surface area contributed by atoms with E-state index < -0.39 is 0 Å². The van der Waals surface area contributed by atoms with E-state index in [0.29, 0.717) is 19.5 Å². The lowest BCUT2D eigenvalue weighted by Crippen LogP contribution is -2.47. The fourth-order valence-electron chi connectivity index (χ4n) is 5.87. The molecule has 7 heteroatoms. The lowest BCUT2D eigenvalue weighted by atomic mass is 9.90. The van der Waals surface area contributed by atoms with Crippen molar-refractivity contribution in [3.8, 4) is 0 Å². The maximum Gasteiger partial charge on any atom is 0.410 e. The molecule has 1 aromatic rings. The Kier molecular flexibility index (Phi) is 6.12. The molecule has 0 unspecified atom stereocenters. The van der Waals surface area contributed by atoms with Gasteiger partial charge in [-0.2, -0.15) is 0 Å². The largest absolute Gasteiger partial charge is 0.445 e. The molecular formula is C25H35N3O4. The van der Waals surface area contributed by atoms with Crippen molar-refractivity contribution in [2.45, 2.75) is 69.7 Å². The zero-order chi connectivity index (χ0) is 22.1. The topological polar surface area (TPSA) is 73.3 Å². The summed E-state index contributed by atoms with van der Waals surface area (Å²) < 4.78 is 5.52. The summed E-state index contributed by atoms with van der Waals surface area (Å²) in [5.74, 6) is 0.159. The van der Waals surface area contributed by atoms with E-state index in [9.17, 15) is 14.7 Å². The Morgan fingerprint density at radius 2 is 1.91 bits per heavy atom. The van der Waals surface area contributed by atoms with Crippen LogP contribution in [0.4, 0.5) is 4.79 Å². The number of aliphatic hydroxyl groups is 1. The van der Waals surface area contributed by atoms with E-state index in [1.165, 1.54) is 12.8 Å². The zero-order valence-corrected chi connectivity index (χ0v) is 18.8. The van der Waals surface area contributed by atoms with Gasteiger partial charge in [0.1, 0.15) is 6.61 Å². The summed E-state index contributed by atoms with van der Waals surface area (Å²) in [5.41, 5.74) is 1.19. The van der Waals surface area contributed by atoms with Gasteiger partial charge in [0.2, 0.25) is 5.91 Å². The van der Waals surface area contributed by atoms with Gasteiger partial charge in [0.25, 0.3) is 0 Å². The first kappa shape index (κ1) is 21.7. The molecule has 4 aliphatic rings. The van der Waals surface area contributed by atoms with E-state index in [1.807, 2.05) is 30.3 Å². The summed E-state index contributed by atoms with van der Waals surface area (Å²) in [4.78, 5) is 31.8. The number of carbonyl (C=O) groups is 2. The number of β-amino-alcohol motifs (C(OH)–C–C–N with tert-alkyl or cyclic N) is 1. The molecule has 7 nitrogen and oxygen atoms in total. The van der Waals surface area contributed by atoms with Crippen LogP contribution in [0.1, 0.15) is 50.5 Å². The number of amides is 2. The number of hydrogen-bond acceptors (Lipinski definition) is 5. The summed E-state index contributed by atoms with van der Waals surface area (Å²) in [5, 5.41) is 10.5. The number of nitrogens with zero attached hydrogens (tertiary/aromatic N) is 3. The number of fused-ring (bicyclic) bond motifs is 1. The highest BCUT2D eigenvalue weighted by Crippen LogP contribution is 2.53. The number of rotatable bonds is 5. The van der Waals surface area contributed by atoms with Crippen molar-refractivity contribution >= 4 is 12.0 Å². The van der Waals surface area contributed by atoms with E-state index in [1.54, 1.807) is 4.90 Å². The number of hydrogen-bond donors (Lipinski definition) is 1. The first-order valence-electron chi connectivity index (χ1n) is 12.2. The molecule has 1 saturated carbocycles. The summed E-state index contributed by atoms with van der Waals surface area (Å²) in [6.07, 6.45) is 6.17. The Balaban J connectivity index is 1.13. The van der Waals surface area contributed by atoms with Crippen LogP contribution < -0.4 is 0 Å². The van der Waals surface area contributed by atoms with Gasteiger partial charge in [0.15, 0.2) is 0 Å². The van der Waals surface area contributed by atoms with Gasteiger partial charge in [-0.3, -0.25) is 4.79 Å². The molecule has 0 radical (unpaired) electrons. The zero-order valence-electron chi connectivity index (χ0n) is 18.8. The SMILES string of the molecule is O=C(OCc1ccccc1)N1CCC(=O)N2[C@@H](CCN3CCC4(CC4)[C@H](O)C3)CC[C@H]2C1. The average molecular weight is 442 g/mol. The second-order valence-corrected chi connectivity index (χ2v) is 10.1. The van der Waals surface area contributed by atoms with E-state index >= 15 is 0 Å². The van der Waals surface area contributed by atoms with Crippen molar-refractivity contribution in [1.29, 1.82) is 0 Å². The molecule has 32 heavy (non-hydrogen) atoms. The molecule has 4 fully saturated rings. The number of aliphatic hydroxyl groups excluding tert-OH is 1. The summed E-state index contributed by atoms with van der Waals surface area (Å²) >= 11 is 0. The normalized spacial score (nSPS) is 29.7. The molecule has 3 atom stereocenters. The van der Waals surface area contributed by atoms with Crippen molar-refractivity contribution in [3.63, 3.8) is 0 Å². The molecule has 174 valence electrons. The number of carbonyl (C=O) groups excluding carboxylic acids is 2. The molecule has 1 N–H and O–H groups in total. The van der Waals surface area contributed by atoms with Crippen molar-refractivity contribution in [1.82, 2.24) is 14.7 Å². The van der Waals surface area contributed by atoms with Crippen LogP contribution in [0.25, 0.3) is 0 Å². The number of piperidine rings is 1. The van der Waals surface area contributed by atoms with Gasteiger partial charge >= 0.3 is 6.09 Å². The summed E-state index contributed by atoms with van der Waals surface area (Å²) in [7, 11) is 0. The Morgan fingerprint density at radius 1 is 1.09 bits per heavy atom. The molecule has 1 aliphatic carbocycles. The van der Waals surface area contributed by atoms with E-state index in [-0.39, 0.29) is 42.2 Å².